The van der Waals surface area contributed by atoms with Gasteiger partial charge in [0, 0.05) is 31.6 Å². The summed E-state index contributed by atoms with van der Waals surface area (Å²) in [5.74, 6) is 0.834. The third-order valence-electron chi connectivity index (χ3n) is 4.04. The SMILES string of the molecule is FC(F)(F)c1csc(CN2CCN(c3ccc4nncn4n3)CC2)n1. The maximum Gasteiger partial charge on any atom is 0.434 e. The minimum absolute atomic E-state index is 0.437. The molecule has 1 aliphatic heterocycles. The highest BCUT2D eigenvalue weighted by Gasteiger charge is 2.33. The van der Waals surface area contributed by atoms with Crippen molar-refractivity contribution in [2.75, 3.05) is 31.1 Å². The lowest BCUT2D eigenvalue weighted by molar-refractivity contribution is -0.140. The van der Waals surface area contributed by atoms with Gasteiger partial charge in [-0.3, -0.25) is 4.90 Å². The molecule has 25 heavy (non-hydrogen) atoms. The van der Waals surface area contributed by atoms with Crippen LogP contribution in [0.3, 0.4) is 0 Å². The Bertz CT molecular complexity index is 867. The number of alkyl halides is 3. The summed E-state index contributed by atoms with van der Waals surface area (Å²) < 4.78 is 39.5. The van der Waals surface area contributed by atoms with E-state index in [1.807, 2.05) is 12.1 Å². The monoisotopic (exact) mass is 369 g/mol. The molecule has 3 aromatic heterocycles. The van der Waals surface area contributed by atoms with Gasteiger partial charge in [-0.2, -0.15) is 17.7 Å². The molecule has 0 spiro atoms. The van der Waals surface area contributed by atoms with E-state index in [0.29, 0.717) is 17.2 Å². The van der Waals surface area contributed by atoms with Crippen molar-refractivity contribution in [3.05, 3.63) is 34.5 Å². The first-order valence-electron chi connectivity index (χ1n) is 7.65. The Morgan fingerprint density at radius 1 is 1.12 bits per heavy atom. The molecule has 1 saturated heterocycles. The molecule has 0 amide bonds. The highest BCUT2D eigenvalue weighted by Crippen LogP contribution is 2.30. The molecule has 4 rings (SSSR count). The molecule has 4 heterocycles. The van der Waals surface area contributed by atoms with Gasteiger partial charge in [0.25, 0.3) is 0 Å². The van der Waals surface area contributed by atoms with Gasteiger partial charge in [-0.05, 0) is 12.1 Å². The number of rotatable bonds is 3. The standard InChI is InChI=1S/C14H14F3N7S/c15-14(16,17)10-8-25-13(19-10)7-22-3-5-23(6-4-22)12-2-1-11-20-18-9-24(11)21-12/h1-2,8-9H,3-7H2. The van der Waals surface area contributed by atoms with Gasteiger partial charge in [-0.1, -0.05) is 0 Å². The van der Waals surface area contributed by atoms with Crippen molar-refractivity contribution in [3.63, 3.8) is 0 Å². The molecule has 3 aromatic rings. The summed E-state index contributed by atoms with van der Waals surface area (Å²) in [6, 6.07) is 3.76. The van der Waals surface area contributed by atoms with Gasteiger partial charge in [0.15, 0.2) is 11.3 Å². The van der Waals surface area contributed by atoms with Gasteiger partial charge in [0.2, 0.25) is 0 Å². The number of halogens is 3. The Hall–Kier alpha value is -2.27. The average molecular weight is 369 g/mol. The molecular weight excluding hydrogens is 355 g/mol. The molecule has 0 bridgehead atoms. The normalized spacial score (nSPS) is 16.7. The van der Waals surface area contributed by atoms with E-state index in [1.54, 1.807) is 10.8 Å². The van der Waals surface area contributed by atoms with Gasteiger partial charge in [-0.15, -0.1) is 26.6 Å². The van der Waals surface area contributed by atoms with Crippen molar-refractivity contribution in [2.45, 2.75) is 12.7 Å². The molecular formula is C14H14F3N7S. The predicted octanol–water partition coefficient (Wildman–Crippen LogP) is 1.92. The molecule has 0 aliphatic carbocycles. The van der Waals surface area contributed by atoms with Crippen LogP contribution in [0.4, 0.5) is 19.0 Å². The molecule has 0 unspecified atom stereocenters. The summed E-state index contributed by atoms with van der Waals surface area (Å²) in [6.45, 7) is 3.41. The van der Waals surface area contributed by atoms with E-state index in [0.717, 1.165) is 48.7 Å². The fourth-order valence-corrected chi connectivity index (χ4v) is 3.57. The number of anilines is 1. The molecule has 0 saturated carbocycles. The third-order valence-corrected chi connectivity index (χ3v) is 4.88. The third kappa shape index (κ3) is 3.42. The fourth-order valence-electron chi connectivity index (χ4n) is 2.73. The van der Waals surface area contributed by atoms with Crippen LogP contribution in [0, 0.1) is 0 Å². The van der Waals surface area contributed by atoms with Crippen LogP contribution in [0.2, 0.25) is 0 Å². The fraction of sp³-hybridized carbons (Fsp3) is 0.429. The van der Waals surface area contributed by atoms with Crippen molar-refractivity contribution < 1.29 is 13.2 Å². The summed E-state index contributed by atoms with van der Waals surface area (Å²) in [5.41, 5.74) is -0.121. The van der Waals surface area contributed by atoms with E-state index in [9.17, 15) is 13.2 Å². The molecule has 0 atom stereocenters. The summed E-state index contributed by atoms with van der Waals surface area (Å²) >= 11 is 1.05. The van der Waals surface area contributed by atoms with E-state index in [1.165, 1.54) is 0 Å². The summed E-state index contributed by atoms with van der Waals surface area (Å²) in [5, 5.41) is 13.8. The second kappa shape index (κ2) is 6.23. The van der Waals surface area contributed by atoms with Crippen molar-refractivity contribution in [1.82, 2.24) is 29.7 Å². The second-order valence-corrected chi connectivity index (χ2v) is 6.66. The Balaban J connectivity index is 1.37. The number of thiazole rings is 1. The zero-order valence-corrected chi connectivity index (χ0v) is 13.8. The Morgan fingerprint density at radius 3 is 2.64 bits per heavy atom. The lowest BCUT2D eigenvalue weighted by Crippen LogP contribution is -2.46. The molecule has 132 valence electrons. The number of hydrogen-bond donors (Lipinski definition) is 0. The highest BCUT2D eigenvalue weighted by molar-refractivity contribution is 7.09. The molecule has 0 radical (unpaired) electrons. The smallest absolute Gasteiger partial charge is 0.353 e. The minimum Gasteiger partial charge on any atom is -0.353 e. The number of nitrogens with zero attached hydrogens (tertiary/aromatic N) is 7. The quantitative estimate of drug-likeness (QED) is 0.703. The van der Waals surface area contributed by atoms with Crippen LogP contribution in [-0.4, -0.2) is 55.9 Å². The largest absolute Gasteiger partial charge is 0.434 e. The number of aromatic nitrogens is 5. The average Bonchev–Trinajstić information content (AvgIpc) is 3.23. The Morgan fingerprint density at radius 2 is 1.92 bits per heavy atom. The topological polar surface area (TPSA) is 62.5 Å². The van der Waals surface area contributed by atoms with E-state index in [-0.39, 0.29) is 0 Å². The van der Waals surface area contributed by atoms with Crippen LogP contribution in [0.1, 0.15) is 10.7 Å². The van der Waals surface area contributed by atoms with E-state index in [2.05, 4.69) is 30.1 Å². The molecule has 1 aliphatic rings. The summed E-state index contributed by atoms with van der Waals surface area (Å²) in [7, 11) is 0. The van der Waals surface area contributed by atoms with E-state index < -0.39 is 11.9 Å². The van der Waals surface area contributed by atoms with Crippen LogP contribution < -0.4 is 4.90 Å². The van der Waals surface area contributed by atoms with Gasteiger partial charge in [-0.25, -0.2) is 4.98 Å². The number of fused-ring (bicyclic) bond motifs is 1. The predicted molar refractivity (Wildman–Crippen MR) is 85.4 cm³/mol. The van der Waals surface area contributed by atoms with E-state index >= 15 is 0 Å². The molecule has 0 aromatic carbocycles. The molecule has 11 heteroatoms. The maximum absolute atomic E-state index is 12.6. The van der Waals surface area contributed by atoms with Crippen molar-refractivity contribution in [3.8, 4) is 0 Å². The summed E-state index contributed by atoms with van der Waals surface area (Å²) in [6.07, 6.45) is -2.82. The lowest BCUT2D eigenvalue weighted by Gasteiger charge is -2.34. The minimum atomic E-state index is -4.38. The highest BCUT2D eigenvalue weighted by atomic mass is 32.1. The van der Waals surface area contributed by atoms with Gasteiger partial charge < -0.3 is 4.90 Å². The molecule has 0 N–H and O–H groups in total. The van der Waals surface area contributed by atoms with E-state index in [4.69, 9.17) is 0 Å². The first kappa shape index (κ1) is 16.2. The molecule has 7 nitrogen and oxygen atoms in total. The van der Waals surface area contributed by atoms with Crippen LogP contribution in [0.5, 0.6) is 0 Å². The first-order valence-corrected chi connectivity index (χ1v) is 8.53. The van der Waals surface area contributed by atoms with Gasteiger partial charge >= 0.3 is 6.18 Å². The first-order chi connectivity index (χ1) is 12.0. The van der Waals surface area contributed by atoms with Crippen LogP contribution in [0.15, 0.2) is 23.8 Å². The Kier molecular flexibility index (Phi) is 4.04. The lowest BCUT2D eigenvalue weighted by atomic mass is 10.3. The van der Waals surface area contributed by atoms with Crippen molar-refractivity contribution in [1.29, 1.82) is 0 Å². The maximum atomic E-state index is 12.6. The van der Waals surface area contributed by atoms with Gasteiger partial charge in [0.05, 0.1) is 6.54 Å². The van der Waals surface area contributed by atoms with Crippen molar-refractivity contribution >= 4 is 22.8 Å². The zero-order valence-electron chi connectivity index (χ0n) is 13.0. The van der Waals surface area contributed by atoms with Crippen LogP contribution in [-0.2, 0) is 12.7 Å². The zero-order chi connectivity index (χ0) is 17.4. The van der Waals surface area contributed by atoms with Gasteiger partial charge in [0.1, 0.15) is 17.2 Å². The van der Waals surface area contributed by atoms with Crippen LogP contribution >= 0.6 is 11.3 Å². The summed E-state index contributed by atoms with van der Waals surface area (Å²) in [4.78, 5) is 7.93. The van der Waals surface area contributed by atoms with Crippen molar-refractivity contribution in [2.24, 2.45) is 0 Å². The number of hydrogen-bond acceptors (Lipinski definition) is 7. The Labute approximate surface area is 144 Å². The second-order valence-electron chi connectivity index (χ2n) is 5.71. The number of piperazine rings is 1. The molecule has 1 fully saturated rings. The van der Waals surface area contributed by atoms with Crippen LogP contribution in [0.25, 0.3) is 5.65 Å².